The molecule has 1 amide bonds. The second kappa shape index (κ2) is 9.09. The fraction of sp³-hybridized carbons (Fsp3) is 0. The number of carboxylic acids is 1. The molecule has 4 aromatic rings. The van der Waals surface area contributed by atoms with Gasteiger partial charge in [0.1, 0.15) is 0 Å². The molecule has 1 aromatic heterocycles. The molecule has 0 atom stereocenters. The van der Waals surface area contributed by atoms with Crippen molar-refractivity contribution in [3.8, 4) is 16.9 Å². The summed E-state index contributed by atoms with van der Waals surface area (Å²) in [6, 6.07) is 25.7. The lowest BCUT2D eigenvalue weighted by atomic mass is 10.1. The first-order valence-electron chi connectivity index (χ1n) is 10.3. The van der Waals surface area contributed by atoms with Gasteiger partial charge in [-0.25, -0.2) is 9.48 Å². The summed E-state index contributed by atoms with van der Waals surface area (Å²) < 4.78 is 2.13. The van der Waals surface area contributed by atoms with Gasteiger partial charge in [-0.05, 0) is 36.4 Å². The number of aromatic nitrogens is 2. The first-order valence-corrected chi connectivity index (χ1v) is 11.6. The SMILES string of the molecule is O=C(O)c1cccc(N2C(=O)/C(=C\c3cn(-c4ccccc4)nc3-c3ccccc3)SC2=S)c1. The van der Waals surface area contributed by atoms with Crippen LogP contribution in [0.15, 0.2) is 96.0 Å². The summed E-state index contributed by atoms with van der Waals surface area (Å²) in [7, 11) is 0. The summed E-state index contributed by atoms with van der Waals surface area (Å²) in [5.41, 5.74) is 3.85. The molecule has 1 N–H and O–H groups in total. The van der Waals surface area contributed by atoms with Gasteiger partial charge in [-0.15, -0.1) is 0 Å². The van der Waals surface area contributed by atoms with Crippen molar-refractivity contribution in [1.82, 2.24) is 9.78 Å². The Hall–Kier alpha value is -4.01. The highest BCUT2D eigenvalue weighted by Crippen LogP contribution is 2.37. The number of nitrogens with zero attached hydrogens (tertiary/aromatic N) is 3. The molecule has 0 unspecified atom stereocenters. The number of hydrogen-bond donors (Lipinski definition) is 1. The van der Waals surface area contributed by atoms with Crippen LogP contribution in [-0.4, -0.2) is 31.1 Å². The summed E-state index contributed by atoms with van der Waals surface area (Å²) >= 11 is 6.65. The Kier molecular flexibility index (Phi) is 5.83. The van der Waals surface area contributed by atoms with Crippen LogP contribution >= 0.6 is 24.0 Å². The maximum atomic E-state index is 13.3. The van der Waals surface area contributed by atoms with Crippen molar-refractivity contribution in [2.45, 2.75) is 0 Å². The molecule has 0 radical (unpaired) electrons. The minimum Gasteiger partial charge on any atom is -0.478 e. The Bertz CT molecular complexity index is 1450. The number of anilines is 1. The maximum absolute atomic E-state index is 13.3. The van der Waals surface area contributed by atoms with Crippen LogP contribution in [0.2, 0.25) is 0 Å². The van der Waals surface area contributed by atoms with E-state index in [9.17, 15) is 14.7 Å². The Morgan fingerprint density at radius 1 is 0.941 bits per heavy atom. The first kappa shape index (κ1) is 21.8. The Labute approximate surface area is 205 Å². The molecule has 5 rings (SSSR count). The smallest absolute Gasteiger partial charge is 0.335 e. The summed E-state index contributed by atoms with van der Waals surface area (Å²) in [6.07, 6.45) is 3.67. The number of hydrogen-bond acceptors (Lipinski definition) is 5. The molecular formula is C26H17N3O3S2. The minimum atomic E-state index is -1.07. The lowest BCUT2D eigenvalue weighted by molar-refractivity contribution is -0.113. The number of benzene rings is 3. The van der Waals surface area contributed by atoms with E-state index in [1.165, 1.54) is 28.8 Å². The third-order valence-corrected chi connectivity index (χ3v) is 6.54. The van der Waals surface area contributed by atoms with Gasteiger partial charge in [-0.1, -0.05) is 78.6 Å². The number of thioether (sulfide) groups is 1. The highest BCUT2D eigenvalue weighted by atomic mass is 32.2. The van der Waals surface area contributed by atoms with Gasteiger partial charge in [0.15, 0.2) is 4.32 Å². The van der Waals surface area contributed by atoms with E-state index in [-0.39, 0.29) is 11.5 Å². The largest absolute Gasteiger partial charge is 0.478 e. The van der Waals surface area contributed by atoms with Crippen molar-refractivity contribution in [3.05, 3.63) is 107 Å². The van der Waals surface area contributed by atoms with E-state index in [0.29, 0.717) is 14.9 Å². The third-order valence-electron chi connectivity index (χ3n) is 5.24. The Morgan fingerprint density at radius 3 is 2.32 bits per heavy atom. The van der Waals surface area contributed by atoms with Crippen molar-refractivity contribution in [2.75, 3.05) is 4.90 Å². The Balaban J connectivity index is 1.56. The first-order chi connectivity index (χ1) is 16.5. The van der Waals surface area contributed by atoms with Gasteiger partial charge >= 0.3 is 5.97 Å². The van der Waals surface area contributed by atoms with Gasteiger partial charge in [-0.2, -0.15) is 5.10 Å². The average molecular weight is 484 g/mol. The van der Waals surface area contributed by atoms with E-state index in [2.05, 4.69) is 0 Å². The van der Waals surface area contributed by atoms with Crippen molar-refractivity contribution in [3.63, 3.8) is 0 Å². The van der Waals surface area contributed by atoms with Crippen molar-refractivity contribution < 1.29 is 14.7 Å². The highest BCUT2D eigenvalue weighted by Gasteiger charge is 2.34. The number of thiocarbonyl (C=S) groups is 1. The van der Waals surface area contributed by atoms with Crippen molar-refractivity contribution in [1.29, 1.82) is 0 Å². The van der Waals surface area contributed by atoms with Crippen LogP contribution in [0.4, 0.5) is 5.69 Å². The topological polar surface area (TPSA) is 75.4 Å². The third kappa shape index (κ3) is 4.16. The molecule has 8 heteroatoms. The summed E-state index contributed by atoms with van der Waals surface area (Å²) in [6.45, 7) is 0. The van der Waals surface area contributed by atoms with Crippen LogP contribution in [0.25, 0.3) is 23.0 Å². The summed E-state index contributed by atoms with van der Waals surface area (Å²) in [5.74, 6) is -1.37. The normalized spacial score (nSPS) is 14.7. The molecule has 34 heavy (non-hydrogen) atoms. The van der Waals surface area contributed by atoms with E-state index < -0.39 is 5.97 Å². The number of aromatic carboxylic acids is 1. The van der Waals surface area contributed by atoms with Gasteiger partial charge in [-0.3, -0.25) is 9.69 Å². The van der Waals surface area contributed by atoms with Crippen molar-refractivity contribution in [2.24, 2.45) is 0 Å². The van der Waals surface area contributed by atoms with Crippen LogP contribution in [-0.2, 0) is 4.79 Å². The van der Waals surface area contributed by atoms with Crippen LogP contribution in [0, 0.1) is 0 Å². The fourth-order valence-corrected chi connectivity index (χ4v) is 4.93. The predicted molar refractivity (Wildman–Crippen MR) is 138 cm³/mol. The lowest BCUT2D eigenvalue weighted by Gasteiger charge is -2.14. The molecule has 166 valence electrons. The number of carbonyl (C=O) groups excluding carboxylic acids is 1. The second-order valence-electron chi connectivity index (χ2n) is 7.45. The number of para-hydroxylation sites is 1. The molecular weight excluding hydrogens is 466 g/mol. The zero-order valence-electron chi connectivity index (χ0n) is 17.7. The van der Waals surface area contributed by atoms with Crippen LogP contribution < -0.4 is 4.90 Å². The monoisotopic (exact) mass is 483 g/mol. The van der Waals surface area contributed by atoms with Crippen molar-refractivity contribution >= 4 is 51.9 Å². The lowest BCUT2D eigenvalue weighted by Crippen LogP contribution is -2.27. The van der Waals surface area contributed by atoms with Gasteiger partial charge < -0.3 is 5.11 Å². The molecule has 0 bridgehead atoms. The quantitative estimate of drug-likeness (QED) is 0.292. The zero-order chi connectivity index (χ0) is 23.7. The zero-order valence-corrected chi connectivity index (χ0v) is 19.3. The maximum Gasteiger partial charge on any atom is 0.335 e. The fourth-order valence-electron chi connectivity index (χ4n) is 3.64. The molecule has 0 saturated carbocycles. The number of rotatable bonds is 5. The molecule has 1 aliphatic rings. The van der Waals surface area contributed by atoms with Gasteiger partial charge in [0, 0.05) is 17.3 Å². The molecule has 1 saturated heterocycles. The summed E-state index contributed by atoms with van der Waals surface area (Å²) in [5, 5.41) is 14.1. The van der Waals surface area contributed by atoms with Gasteiger partial charge in [0.2, 0.25) is 0 Å². The van der Waals surface area contributed by atoms with Crippen LogP contribution in [0.1, 0.15) is 15.9 Å². The molecule has 1 aliphatic heterocycles. The van der Waals surface area contributed by atoms with E-state index in [4.69, 9.17) is 17.3 Å². The van der Waals surface area contributed by atoms with Crippen LogP contribution in [0.5, 0.6) is 0 Å². The second-order valence-corrected chi connectivity index (χ2v) is 9.13. The van der Waals surface area contributed by atoms with E-state index >= 15 is 0 Å². The average Bonchev–Trinajstić information content (AvgIpc) is 3.40. The van der Waals surface area contributed by atoms with E-state index in [1.807, 2.05) is 66.9 Å². The molecule has 2 heterocycles. The molecule has 1 fully saturated rings. The number of carbonyl (C=O) groups is 2. The van der Waals surface area contributed by atoms with Gasteiger partial charge in [0.05, 0.1) is 27.5 Å². The standard InChI is InChI=1S/C26H17N3O3S2/c30-24-22(34-26(33)29(24)21-13-7-10-18(14-21)25(31)32)15-19-16-28(20-11-5-2-6-12-20)27-23(19)17-8-3-1-4-9-17/h1-16H,(H,31,32)/b22-15+. The molecule has 6 nitrogen and oxygen atoms in total. The molecule has 3 aromatic carbocycles. The van der Waals surface area contributed by atoms with Crippen LogP contribution in [0.3, 0.4) is 0 Å². The Morgan fingerprint density at radius 2 is 1.62 bits per heavy atom. The van der Waals surface area contributed by atoms with E-state index in [1.54, 1.807) is 22.9 Å². The number of amides is 1. The highest BCUT2D eigenvalue weighted by molar-refractivity contribution is 8.27. The van der Waals surface area contributed by atoms with Gasteiger partial charge in [0.25, 0.3) is 5.91 Å². The van der Waals surface area contributed by atoms with E-state index in [0.717, 1.165) is 22.5 Å². The molecule has 0 spiro atoms. The molecule has 0 aliphatic carbocycles. The summed E-state index contributed by atoms with van der Waals surface area (Å²) in [4.78, 5) is 26.5. The minimum absolute atomic E-state index is 0.0889. The predicted octanol–water partition coefficient (Wildman–Crippen LogP) is 5.64. The number of carboxylic acid groups (broad SMARTS) is 1.